The number of anilines is 2. The Labute approximate surface area is 159 Å². The Balaban J connectivity index is 1.71. The molecule has 1 fully saturated rings. The number of carbonyl (C=O) groups excluding carboxylic acids is 1. The third-order valence-corrected chi connectivity index (χ3v) is 5.32. The van der Waals surface area contributed by atoms with E-state index in [1.807, 2.05) is 6.07 Å². The van der Waals surface area contributed by atoms with Crippen LogP contribution in [0.5, 0.6) is 0 Å². The zero-order valence-corrected chi connectivity index (χ0v) is 15.6. The van der Waals surface area contributed by atoms with E-state index in [1.165, 1.54) is 6.42 Å². The van der Waals surface area contributed by atoms with Crippen molar-refractivity contribution < 1.29 is 9.53 Å². The van der Waals surface area contributed by atoms with Gasteiger partial charge < -0.3 is 15.0 Å². The van der Waals surface area contributed by atoms with E-state index in [0.29, 0.717) is 37.1 Å². The molecule has 2 aliphatic heterocycles. The van der Waals surface area contributed by atoms with Gasteiger partial charge in [-0.1, -0.05) is 0 Å². The third kappa shape index (κ3) is 3.93. The van der Waals surface area contributed by atoms with Crippen molar-refractivity contribution in [2.75, 3.05) is 30.0 Å². The number of nitrogens with one attached hydrogen (secondary N) is 1. The first-order valence-electron chi connectivity index (χ1n) is 9.67. The molecule has 0 spiro atoms. The number of amides is 1. The lowest BCUT2D eigenvalue weighted by Crippen LogP contribution is -2.38. The maximum Gasteiger partial charge on any atom is 0.257 e. The van der Waals surface area contributed by atoms with E-state index in [4.69, 9.17) is 9.72 Å². The summed E-state index contributed by atoms with van der Waals surface area (Å²) in [6, 6.07) is 2.37. The molecular weight excluding hydrogens is 342 g/mol. The van der Waals surface area contributed by atoms with Crippen molar-refractivity contribution in [2.45, 2.75) is 45.1 Å². The molecule has 1 N–H and O–H groups in total. The third-order valence-electron chi connectivity index (χ3n) is 5.32. The molecule has 4 heterocycles. The predicted octanol–water partition coefficient (Wildman–Crippen LogP) is 2.62. The van der Waals surface area contributed by atoms with Crippen molar-refractivity contribution in [1.29, 1.82) is 0 Å². The van der Waals surface area contributed by atoms with Gasteiger partial charge in [0, 0.05) is 42.7 Å². The van der Waals surface area contributed by atoms with Gasteiger partial charge >= 0.3 is 0 Å². The van der Waals surface area contributed by atoms with Crippen LogP contribution in [-0.4, -0.2) is 46.7 Å². The Morgan fingerprint density at radius 1 is 1.26 bits per heavy atom. The summed E-state index contributed by atoms with van der Waals surface area (Å²) in [5.74, 6) is 1.18. The molecule has 0 unspecified atom stereocenters. The minimum Gasteiger partial charge on any atom is -0.381 e. The Bertz CT molecular complexity index is 812. The van der Waals surface area contributed by atoms with Gasteiger partial charge in [-0.2, -0.15) is 0 Å². The van der Waals surface area contributed by atoms with Gasteiger partial charge in [0.15, 0.2) is 5.82 Å². The SMILES string of the molecule is C[C@H]1CCCCN1c1cc(C(=O)Nc2cnccn2)c2c(n1)CCOCC2. The van der Waals surface area contributed by atoms with Gasteiger partial charge in [-0.25, -0.2) is 9.97 Å². The van der Waals surface area contributed by atoms with Gasteiger partial charge in [0.1, 0.15) is 5.82 Å². The molecule has 2 aliphatic rings. The topological polar surface area (TPSA) is 80.2 Å². The lowest BCUT2D eigenvalue weighted by atomic mass is 9.99. The summed E-state index contributed by atoms with van der Waals surface area (Å²) in [7, 11) is 0. The molecular formula is C20H25N5O2. The van der Waals surface area contributed by atoms with Gasteiger partial charge in [-0.3, -0.25) is 9.78 Å². The molecule has 0 saturated carbocycles. The van der Waals surface area contributed by atoms with Crippen LogP contribution in [-0.2, 0) is 17.6 Å². The van der Waals surface area contributed by atoms with Gasteiger partial charge in [0.05, 0.1) is 19.4 Å². The van der Waals surface area contributed by atoms with Crippen molar-refractivity contribution in [3.63, 3.8) is 0 Å². The molecule has 0 bridgehead atoms. The number of hydrogen-bond donors (Lipinski definition) is 1. The second-order valence-corrected chi connectivity index (χ2v) is 7.15. The summed E-state index contributed by atoms with van der Waals surface area (Å²) >= 11 is 0. The number of pyridine rings is 1. The second-order valence-electron chi connectivity index (χ2n) is 7.15. The number of carbonyl (C=O) groups is 1. The molecule has 1 amide bonds. The number of rotatable bonds is 3. The number of piperidine rings is 1. The monoisotopic (exact) mass is 367 g/mol. The highest BCUT2D eigenvalue weighted by Gasteiger charge is 2.25. The van der Waals surface area contributed by atoms with Crippen LogP contribution in [0.3, 0.4) is 0 Å². The van der Waals surface area contributed by atoms with Crippen LogP contribution in [0.1, 0.15) is 47.8 Å². The van der Waals surface area contributed by atoms with Gasteiger partial charge in [0.2, 0.25) is 0 Å². The van der Waals surface area contributed by atoms with E-state index in [9.17, 15) is 4.79 Å². The van der Waals surface area contributed by atoms with E-state index >= 15 is 0 Å². The smallest absolute Gasteiger partial charge is 0.257 e. The van der Waals surface area contributed by atoms with Gasteiger partial charge in [-0.15, -0.1) is 0 Å². The number of fused-ring (bicyclic) bond motifs is 1. The minimum atomic E-state index is -0.165. The molecule has 2 aromatic rings. The Morgan fingerprint density at radius 3 is 2.96 bits per heavy atom. The summed E-state index contributed by atoms with van der Waals surface area (Å²) in [6.45, 7) is 4.47. The van der Waals surface area contributed by atoms with Crippen molar-refractivity contribution in [3.8, 4) is 0 Å². The van der Waals surface area contributed by atoms with Crippen LogP contribution in [0, 0.1) is 0 Å². The first-order chi connectivity index (χ1) is 13.2. The van der Waals surface area contributed by atoms with Crippen LogP contribution in [0.15, 0.2) is 24.7 Å². The number of ether oxygens (including phenoxy) is 1. The number of hydrogen-bond acceptors (Lipinski definition) is 6. The van der Waals surface area contributed by atoms with Crippen molar-refractivity contribution in [3.05, 3.63) is 41.5 Å². The fourth-order valence-electron chi connectivity index (χ4n) is 3.88. The summed E-state index contributed by atoms with van der Waals surface area (Å²) in [6.07, 6.45) is 9.69. The van der Waals surface area contributed by atoms with Crippen molar-refractivity contribution in [1.82, 2.24) is 15.0 Å². The first-order valence-corrected chi connectivity index (χ1v) is 9.67. The Hall–Kier alpha value is -2.54. The van der Waals surface area contributed by atoms with Crippen molar-refractivity contribution >= 4 is 17.5 Å². The van der Waals surface area contributed by atoms with E-state index < -0.39 is 0 Å². The first kappa shape index (κ1) is 17.9. The van der Waals surface area contributed by atoms with Crippen LogP contribution < -0.4 is 10.2 Å². The lowest BCUT2D eigenvalue weighted by Gasteiger charge is -2.35. The van der Waals surface area contributed by atoms with E-state index in [-0.39, 0.29) is 5.91 Å². The average molecular weight is 367 g/mol. The summed E-state index contributed by atoms with van der Waals surface area (Å²) in [5, 5.41) is 2.87. The van der Waals surface area contributed by atoms with Crippen molar-refractivity contribution in [2.24, 2.45) is 0 Å². The summed E-state index contributed by atoms with van der Waals surface area (Å²) in [5.41, 5.74) is 2.64. The molecule has 1 atom stereocenters. The molecule has 142 valence electrons. The zero-order valence-electron chi connectivity index (χ0n) is 15.6. The van der Waals surface area contributed by atoms with E-state index in [0.717, 1.165) is 42.9 Å². The number of nitrogens with zero attached hydrogens (tertiary/aromatic N) is 4. The Morgan fingerprint density at radius 2 is 2.15 bits per heavy atom. The highest BCUT2D eigenvalue weighted by molar-refractivity contribution is 6.05. The van der Waals surface area contributed by atoms with E-state index in [2.05, 4.69) is 27.1 Å². The molecule has 7 nitrogen and oxygen atoms in total. The fraction of sp³-hybridized carbons (Fsp3) is 0.500. The highest BCUT2D eigenvalue weighted by Crippen LogP contribution is 2.28. The van der Waals surface area contributed by atoms with Crippen LogP contribution in [0.4, 0.5) is 11.6 Å². The maximum atomic E-state index is 13.0. The molecule has 4 rings (SSSR count). The molecule has 0 aliphatic carbocycles. The summed E-state index contributed by atoms with van der Waals surface area (Å²) < 4.78 is 5.63. The highest BCUT2D eigenvalue weighted by atomic mass is 16.5. The quantitative estimate of drug-likeness (QED) is 0.898. The van der Waals surface area contributed by atoms with Gasteiger partial charge in [0.25, 0.3) is 5.91 Å². The fourth-order valence-corrected chi connectivity index (χ4v) is 3.88. The van der Waals surface area contributed by atoms with Crippen LogP contribution in [0.2, 0.25) is 0 Å². The van der Waals surface area contributed by atoms with Gasteiger partial charge in [-0.05, 0) is 44.2 Å². The largest absolute Gasteiger partial charge is 0.381 e. The molecule has 7 heteroatoms. The molecule has 0 aromatic carbocycles. The summed E-state index contributed by atoms with van der Waals surface area (Å²) in [4.78, 5) is 28.5. The number of aromatic nitrogens is 3. The van der Waals surface area contributed by atoms with Crippen LogP contribution in [0.25, 0.3) is 0 Å². The second kappa shape index (κ2) is 8.00. The normalized spacial score (nSPS) is 19.9. The molecule has 2 aromatic heterocycles. The Kier molecular flexibility index (Phi) is 5.29. The average Bonchev–Trinajstić information content (AvgIpc) is 2.94. The predicted molar refractivity (Wildman–Crippen MR) is 103 cm³/mol. The minimum absolute atomic E-state index is 0.165. The molecule has 0 radical (unpaired) electrons. The molecule has 27 heavy (non-hydrogen) atoms. The van der Waals surface area contributed by atoms with E-state index in [1.54, 1.807) is 18.6 Å². The molecule has 1 saturated heterocycles. The van der Waals surface area contributed by atoms with Crippen LogP contribution >= 0.6 is 0 Å². The standard InChI is InChI=1S/C20H25N5O2/c1-14-4-2-3-9-25(14)19-12-16(15-5-10-27-11-6-17(15)23-19)20(26)24-18-13-21-7-8-22-18/h7-8,12-14H,2-6,9-11H2,1H3,(H,22,24,26)/t14-/m0/s1. The zero-order chi connectivity index (χ0) is 18.6. The lowest BCUT2D eigenvalue weighted by molar-refractivity contribution is 0.102. The maximum absolute atomic E-state index is 13.0.